The Labute approximate surface area is 111 Å². The van der Waals surface area contributed by atoms with Crippen molar-refractivity contribution < 1.29 is 14.3 Å². The number of hydrogen-bond donors (Lipinski definition) is 1. The highest BCUT2D eigenvalue weighted by atomic mass is 16.6. The van der Waals surface area contributed by atoms with Crippen molar-refractivity contribution in [1.82, 2.24) is 5.32 Å². The summed E-state index contributed by atoms with van der Waals surface area (Å²) < 4.78 is 11.4. The molecule has 1 aromatic rings. The fourth-order valence-corrected chi connectivity index (χ4v) is 2.26. The van der Waals surface area contributed by atoms with Crippen molar-refractivity contribution in [3.8, 4) is 11.5 Å². The number of ether oxygens (including phenoxy) is 2. The molecule has 3 rings (SSSR count). The molecule has 0 aliphatic carbocycles. The lowest BCUT2D eigenvalue weighted by atomic mass is 10.2. The lowest BCUT2D eigenvalue weighted by Crippen LogP contribution is -2.43. The second-order valence-electron chi connectivity index (χ2n) is 4.67. The van der Waals surface area contributed by atoms with Gasteiger partial charge in [0.15, 0.2) is 17.6 Å². The molecule has 5 heteroatoms. The number of amidine groups is 1. The van der Waals surface area contributed by atoms with Crippen LogP contribution in [0.4, 0.5) is 0 Å². The van der Waals surface area contributed by atoms with Gasteiger partial charge >= 0.3 is 0 Å². The standard InChI is InChI=1S/C14H16N2O3/c1-2-5-9-14(17)16-13(15-9)12-8-18-10-6-3-4-7-11(10)19-12/h3-4,6-7,9,12H,2,5,8H2,1H3,(H,15,16,17). The second-order valence-corrected chi connectivity index (χ2v) is 4.67. The van der Waals surface area contributed by atoms with Gasteiger partial charge in [-0.05, 0) is 18.6 Å². The number of aliphatic imine (C=N–C) groups is 1. The number of carbonyl (C=O) groups is 1. The van der Waals surface area contributed by atoms with Gasteiger partial charge < -0.3 is 14.8 Å². The molecular weight excluding hydrogens is 244 g/mol. The average Bonchev–Trinajstić information content (AvgIpc) is 2.80. The van der Waals surface area contributed by atoms with Crippen LogP contribution in [0.3, 0.4) is 0 Å². The summed E-state index contributed by atoms with van der Waals surface area (Å²) in [6.45, 7) is 2.41. The highest BCUT2D eigenvalue weighted by Crippen LogP contribution is 2.31. The van der Waals surface area contributed by atoms with Crippen LogP contribution in [0.5, 0.6) is 11.5 Å². The van der Waals surface area contributed by atoms with Crippen LogP contribution < -0.4 is 14.8 Å². The van der Waals surface area contributed by atoms with E-state index in [-0.39, 0.29) is 18.1 Å². The van der Waals surface area contributed by atoms with Gasteiger partial charge in [-0.1, -0.05) is 25.5 Å². The van der Waals surface area contributed by atoms with E-state index >= 15 is 0 Å². The van der Waals surface area contributed by atoms with Gasteiger partial charge in [0.25, 0.3) is 0 Å². The fraction of sp³-hybridized carbons (Fsp3) is 0.429. The summed E-state index contributed by atoms with van der Waals surface area (Å²) >= 11 is 0. The normalized spacial score (nSPS) is 24.9. The zero-order valence-corrected chi connectivity index (χ0v) is 10.8. The third kappa shape index (κ3) is 2.28. The molecule has 0 radical (unpaired) electrons. The van der Waals surface area contributed by atoms with Crippen LogP contribution >= 0.6 is 0 Å². The number of para-hydroxylation sites is 2. The number of hydrogen-bond acceptors (Lipinski definition) is 4. The van der Waals surface area contributed by atoms with Gasteiger partial charge in [-0.3, -0.25) is 9.79 Å². The molecule has 2 heterocycles. The summed E-state index contributed by atoms with van der Waals surface area (Å²) in [5, 5.41) is 2.80. The summed E-state index contributed by atoms with van der Waals surface area (Å²) in [4.78, 5) is 16.1. The van der Waals surface area contributed by atoms with E-state index in [4.69, 9.17) is 9.47 Å². The van der Waals surface area contributed by atoms with Gasteiger partial charge in [0.05, 0.1) is 0 Å². The van der Waals surface area contributed by atoms with Crippen LogP contribution in [0.2, 0.25) is 0 Å². The zero-order valence-electron chi connectivity index (χ0n) is 10.8. The monoisotopic (exact) mass is 260 g/mol. The van der Waals surface area contributed by atoms with Crippen LogP contribution in [0.1, 0.15) is 19.8 Å². The number of benzene rings is 1. The molecule has 100 valence electrons. The van der Waals surface area contributed by atoms with Gasteiger partial charge in [0, 0.05) is 0 Å². The number of rotatable bonds is 3. The third-order valence-corrected chi connectivity index (χ3v) is 3.22. The Morgan fingerprint density at radius 1 is 1.37 bits per heavy atom. The van der Waals surface area contributed by atoms with E-state index < -0.39 is 0 Å². The van der Waals surface area contributed by atoms with Crippen LogP contribution in [0.25, 0.3) is 0 Å². The molecule has 0 saturated carbocycles. The summed E-state index contributed by atoms with van der Waals surface area (Å²) in [7, 11) is 0. The number of amides is 1. The van der Waals surface area contributed by atoms with Gasteiger partial charge in [-0.2, -0.15) is 0 Å². The van der Waals surface area contributed by atoms with Gasteiger partial charge in [0.2, 0.25) is 5.91 Å². The van der Waals surface area contributed by atoms with E-state index in [1.54, 1.807) is 0 Å². The van der Waals surface area contributed by atoms with Crippen molar-refractivity contribution in [2.75, 3.05) is 6.61 Å². The second kappa shape index (κ2) is 4.91. The SMILES string of the molecule is CCCC1N=C(C2COc3ccccc3O2)NC1=O. The maximum atomic E-state index is 11.7. The van der Waals surface area contributed by atoms with Gasteiger partial charge in [-0.15, -0.1) is 0 Å². The topological polar surface area (TPSA) is 59.9 Å². The number of carbonyl (C=O) groups excluding carboxylic acids is 1. The fourth-order valence-electron chi connectivity index (χ4n) is 2.26. The van der Waals surface area contributed by atoms with E-state index in [0.717, 1.165) is 18.6 Å². The summed E-state index contributed by atoms with van der Waals surface area (Å²) in [6.07, 6.45) is 1.36. The van der Waals surface area contributed by atoms with E-state index in [2.05, 4.69) is 10.3 Å². The smallest absolute Gasteiger partial charge is 0.250 e. The first-order chi connectivity index (χ1) is 9.28. The summed E-state index contributed by atoms with van der Waals surface area (Å²) in [6, 6.07) is 7.22. The minimum absolute atomic E-state index is 0.0423. The Morgan fingerprint density at radius 3 is 2.95 bits per heavy atom. The molecule has 1 aromatic carbocycles. The lowest BCUT2D eigenvalue weighted by Gasteiger charge is -2.26. The predicted molar refractivity (Wildman–Crippen MR) is 70.6 cm³/mol. The highest BCUT2D eigenvalue weighted by molar-refractivity contribution is 6.07. The molecule has 0 spiro atoms. The molecule has 19 heavy (non-hydrogen) atoms. The Kier molecular flexibility index (Phi) is 3.11. The Balaban J connectivity index is 1.75. The summed E-state index contributed by atoms with van der Waals surface area (Å²) in [5.74, 6) is 1.96. The van der Waals surface area contributed by atoms with Crippen molar-refractivity contribution >= 4 is 11.7 Å². The molecule has 0 saturated heterocycles. The molecule has 2 aliphatic heterocycles. The maximum absolute atomic E-state index is 11.7. The van der Waals surface area contributed by atoms with E-state index in [9.17, 15) is 4.79 Å². The van der Waals surface area contributed by atoms with Crippen molar-refractivity contribution in [1.29, 1.82) is 0 Å². The van der Waals surface area contributed by atoms with Crippen molar-refractivity contribution in [3.05, 3.63) is 24.3 Å². The Morgan fingerprint density at radius 2 is 2.16 bits per heavy atom. The van der Waals surface area contributed by atoms with Crippen LogP contribution in [0.15, 0.2) is 29.3 Å². The van der Waals surface area contributed by atoms with E-state index in [0.29, 0.717) is 18.2 Å². The average molecular weight is 260 g/mol. The first-order valence-electron chi connectivity index (χ1n) is 6.55. The Bertz CT molecular complexity index is 527. The minimum atomic E-state index is -0.333. The van der Waals surface area contributed by atoms with E-state index in [1.807, 2.05) is 31.2 Å². The van der Waals surface area contributed by atoms with Crippen molar-refractivity contribution in [2.45, 2.75) is 31.9 Å². The molecule has 0 fully saturated rings. The minimum Gasteiger partial charge on any atom is -0.485 e. The number of fused-ring (bicyclic) bond motifs is 1. The quantitative estimate of drug-likeness (QED) is 0.896. The van der Waals surface area contributed by atoms with Crippen LogP contribution in [-0.4, -0.2) is 30.5 Å². The predicted octanol–water partition coefficient (Wildman–Crippen LogP) is 1.52. The highest BCUT2D eigenvalue weighted by Gasteiger charge is 2.33. The molecule has 0 bridgehead atoms. The molecule has 5 nitrogen and oxygen atoms in total. The van der Waals surface area contributed by atoms with Crippen LogP contribution in [0, 0.1) is 0 Å². The largest absolute Gasteiger partial charge is 0.485 e. The molecule has 2 aliphatic rings. The number of nitrogens with zero attached hydrogens (tertiary/aromatic N) is 1. The van der Waals surface area contributed by atoms with Gasteiger partial charge in [0.1, 0.15) is 18.5 Å². The number of nitrogens with one attached hydrogen (secondary N) is 1. The summed E-state index contributed by atoms with van der Waals surface area (Å²) in [5.41, 5.74) is 0. The molecule has 0 aromatic heterocycles. The first kappa shape index (κ1) is 12.0. The molecule has 2 atom stereocenters. The Hall–Kier alpha value is -2.04. The lowest BCUT2D eigenvalue weighted by molar-refractivity contribution is -0.120. The molecular formula is C14H16N2O3. The zero-order chi connectivity index (χ0) is 13.2. The van der Waals surface area contributed by atoms with E-state index in [1.165, 1.54) is 0 Å². The molecule has 2 unspecified atom stereocenters. The van der Waals surface area contributed by atoms with Crippen LogP contribution in [-0.2, 0) is 4.79 Å². The molecule has 1 N–H and O–H groups in total. The van der Waals surface area contributed by atoms with Crippen molar-refractivity contribution in [2.24, 2.45) is 4.99 Å². The maximum Gasteiger partial charge on any atom is 0.250 e. The third-order valence-electron chi connectivity index (χ3n) is 3.22. The first-order valence-corrected chi connectivity index (χ1v) is 6.55. The van der Waals surface area contributed by atoms with Crippen molar-refractivity contribution in [3.63, 3.8) is 0 Å². The molecule has 1 amide bonds. The van der Waals surface area contributed by atoms with Gasteiger partial charge in [-0.25, -0.2) is 0 Å².